The highest BCUT2D eigenvalue weighted by Crippen LogP contribution is 2.20. The third-order valence-electron chi connectivity index (χ3n) is 5.37. The van der Waals surface area contributed by atoms with Crippen LogP contribution in [-0.4, -0.2) is 34.0 Å². The molecule has 0 aliphatic rings. The molecule has 3 aromatic carbocycles. The molecule has 6 heteroatoms. The van der Waals surface area contributed by atoms with Crippen molar-refractivity contribution in [1.29, 1.82) is 0 Å². The maximum absolute atomic E-state index is 13.6. The Morgan fingerprint density at radius 3 is 2.00 bits per heavy atom. The fourth-order valence-corrected chi connectivity index (χ4v) is 4.84. The van der Waals surface area contributed by atoms with Gasteiger partial charge in [0.2, 0.25) is 11.8 Å². The third kappa shape index (κ3) is 9.19. The smallest absolute Gasteiger partial charge is 0.243 e. The lowest BCUT2D eigenvalue weighted by molar-refractivity contribution is -0.140. The molecule has 0 radical (unpaired) electrons. The third-order valence-corrected chi connectivity index (χ3v) is 6.89. The largest absolute Gasteiger partial charge is 0.350 e. The number of amides is 2. The van der Waals surface area contributed by atoms with Crippen molar-refractivity contribution in [3.63, 3.8) is 0 Å². The Kier molecular flexibility index (Phi) is 9.99. The molecular formula is C29H33BrN2O2S. The molecule has 0 fully saturated rings. The molecule has 0 aliphatic heterocycles. The van der Waals surface area contributed by atoms with E-state index >= 15 is 0 Å². The van der Waals surface area contributed by atoms with Gasteiger partial charge in [0.15, 0.2) is 0 Å². The first-order chi connectivity index (χ1) is 16.7. The summed E-state index contributed by atoms with van der Waals surface area (Å²) in [6.45, 7) is 6.25. The van der Waals surface area contributed by atoms with E-state index in [4.69, 9.17) is 0 Å². The minimum absolute atomic E-state index is 0.0427. The summed E-state index contributed by atoms with van der Waals surface area (Å²) < 4.78 is 0.976. The van der Waals surface area contributed by atoms with E-state index in [0.717, 1.165) is 21.4 Å². The Hall–Kier alpha value is -2.57. The summed E-state index contributed by atoms with van der Waals surface area (Å²) in [5, 5.41) is 3.10. The number of halogens is 1. The van der Waals surface area contributed by atoms with E-state index in [-0.39, 0.29) is 11.8 Å². The van der Waals surface area contributed by atoms with E-state index in [0.29, 0.717) is 18.7 Å². The lowest BCUT2D eigenvalue weighted by Crippen LogP contribution is -2.54. The molecule has 0 aliphatic carbocycles. The summed E-state index contributed by atoms with van der Waals surface area (Å²) >= 11 is 5.05. The number of thioether (sulfide) groups is 1. The van der Waals surface area contributed by atoms with E-state index in [9.17, 15) is 9.59 Å². The molecule has 0 unspecified atom stereocenters. The second-order valence-corrected chi connectivity index (χ2v) is 11.5. The van der Waals surface area contributed by atoms with E-state index < -0.39 is 11.6 Å². The summed E-state index contributed by atoms with van der Waals surface area (Å²) in [5.74, 6) is 0.870. The van der Waals surface area contributed by atoms with Gasteiger partial charge in [-0.2, -0.15) is 0 Å². The van der Waals surface area contributed by atoms with Crippen LogP contribution >= 0.6 is 27.7 Å². The number of rotatable bonds is 10. The Labute approximate surface area is 221 Å². The van der Waals surface area contributed by atoms with Gasteiger partial charge in [-0.05, 0) is 49.6 Å². The zero-order chi connectivity index (χ0) is 25.3. The van der Waals surface area contributed by atoms with Gasteiger partial charge in [-0.15, -0.1) is 11.8 Å². The van der Waals surface area contributed by atoms with Crippen LogP contribution in [0.2, 0.25) is 0 Å². The van der Waals surface area contributed by atoms with Crippen LogP contribution in [0.15, 0.2) is 89.4 Å². The minimum Gasteiger partial charge on any atom is -0.350 e. The summed E-state index contributed by atoms with van der Waals surface area (Å²) in [6.07, 6.45) is 0.453. The van der Waals surface area contributed by atoms with Crippen molar-refractivity contribution in [3.8, 4) is 0 Å². The standard InChI is InChI=1S/C29H33BrN2O2S/c1-29(2,3)31-28(34)26(18-22-10-6-4-7-11-22)32(19-23-14-16-25(30)17-15-23)27(33)21-35-20-24-12-8-5-9-13-24/h4-17,26H,18-21H2,1-3H3,(H,31,34)/t26-/m1/s1. The van der Waals surface area contributed by atoms with Gasteiger partial charge in [0.1, 0.15) is 6.04 Å². The minimum atomic E-state index is -0.620. The fraction of sp³-hybridized carbons (Fsp3) is 0.310. The number of benzene rings is 3. The molecule has 0 aromatic heterocycles. The number of carbonyl (C=O) groups excluding carboxylic acids is 2. The molecular weight excluding hydrogens is 520 g/mol. The Balaban J connectivity index is 1.86. The van der Waals surface area contributed by atoms with Crippen LogP contribution in [0.25, 0.3) is 0 Å². The monoisotopic (exact) mass is 552 g/mol. The molecule has 0 saturated carbocycles. The maximum atomic E-state index is 13.6. The number of hydrogen-bond acceptors (Lipinski definition) is 3. The van der Waals surface area contributed by atoms with Crippen molar-refractivity contribution in [2.45, 2.75) is 51.1 Å². The van der Waals surface area contributed by atoms with Crippen molar-refractivity contribution in [2.24, 2.45) is 0 Å². The van der Waals surface area contributed by atoms with Crippen molar-refractivity contribution in [2.75, 3.05) is 5.75 Å². The maximum Gasteiger partial charge on any atom is 0.243 e. The van der Waals surface area contributed by atoms with Gasteiger partial charge in [0, 0.05) is 28.7 Å². The first-order valence-corrected chi connectivity index (χ1v) is 13.7. The molecule has 0 bridgehead atoms. The quantitative estimate of drug-likeness (QED) is 0.324. The highest BCUT2D eigenvalue weighted by atomic mass is 79.9. The molecule has 0 heterocycles. The molecule has 2 amide bonds. The van der Waals surface area contributed by atoms with Crippen molar-refractivity contribution >= 4 is 39.5 Å². The second kappa shape index (κ2) is 12.9. The normalized spacial score (nSPS) is 12.1. The van der Waals surface area contributed by atoms with Crippen LogP contribution in [0, 0.1) is 0 Å². The highest BCUT2D eigenvalue weighted by Gasteiger charge is 2.32. The SMILES string of the molecule is CC(C)(C)NC(=O)[C@@H](Cc1ccccc1)N(Cc1ccc(Br)cc1)C(=O)CSCc1ccccc1. The zero-order valence-corrected chi connectivity index (χ0v) is 22.9. The Bertz CT molecular complexity index is 1080. The van der Waals surface area contributed by atoms with Gasteiger partial charge < -0.3 is 10.2 Å². The molecule has 184 valence electrons. The number of nitrogens with one attached hydrogen (secondary N) is 1. The van der Waals surface area contributed by atoms with Crippen LogP contribution in [0.4, 0.5) is 0 Å². The van der Waals surface area contributed by atoms with E-state index in [1.165, 1.54) is 5.56 Å². The molecule has 35 heavy (non-hydrogen) atoms. The average molecular weight is 554 g/mol. The van der Waals surface area contributed by atoms with Gasteiger partial charge in [-0.3, -0.25) is 9.59 Å². The molecule has 3 aromatic rings. The molecule has 3 rings (SSSR count). The van der Waals surface area contributed by atoms with Crippen molar-refractivity contribution in [1.82, 2.24) is 10.2 Å². The van der Waals surface area contributed by atoms with Crippen LogP contribution in [-0.2, 0) is 28.3 Å². The number of carbonyl (C=O) groups is 2. The fourth-order valence-electron chi connectivity index (χ4n) is 3.71. The van der Waals surface area contributed by atoms with E-state index in [2.05, 4.69) is 33.4 Å². The number of hydrogen-bond donors (Lipinski definition) is 1. The Morgan fingerprint density at radius 2 is 1.43 bits per heavy atom. The van der Waals surface area contributed by atoms with Gasteiger partial charge >= 0.3 is 0 Å². The Morgan fingerprint density at radius 1 is 0.857 bits per heavy atom. The molecule has 1 atom stereocenters. The number of nitrogens with zero attached hydrogens (tertiary/aromatic N) is 1. The van der Waals surface area contributed by atoms with Crippen LogP contribution in [0.5, 0.6) is 0 Å². The lowest BCUT2D eigenvalue weighted by atomic mass is 10.0. The molecule has 0 spiro atoms. The summed E-state index contributed by atoms with van der Waals surface area (Å²) in [4.78, 5) is 28.9. The first-order valence-electron chi connectivity index (χ1n) is 11.7. The lowest BCUT2D eigenvalue weighted by Gasteiger charge is -2.34. The highest BCUT2D eigenvalue weighted by molar-refractivity contribution is 9.10. The predicted octanol–water partition coefficient (Wildman–Crippen LogP) is 6.24. The first kappa shape index (κ1) is 27.0. The van der Waals surface area contributed by atoms with Crippen LogP contribution in [0.3, 0.4) is 0 Å². The van der Waals surface area contributed by atoms with E-state index in [1.54, 1.807) is 16.7 Å². The summed E-state index contributed by atoms with van der Waals surface area (Å²) in [7, 11) is 0. The average Bonchev–Trinajstić information content (AvgIpc) is 2.82. The van der Waals surface area contributed by atoms with Crippen molar-refractivity contribution in [3.05, 3.63) is 106 Å². The predicted molar refractivity (Wildman–Crippen MR) is 149 cm³/mol. The molecule has 1 N–H and O–H groups in total. The topological polar surface area (TPSA) is 49.4 Å². The van der Waals surface area contributed by atoms with Gasteiger partial charge in [0.05, 0.1) is 5.75 Å². The summed E-state index contributed by atoms with van der Waals surface area (Å²) in [5.41, 5.74) is 2.78. The van der Waals surface area contributed by atoms with Gasteiger partial charge in [0.25, 0.3) is 0 Å². The van der Waals surface area contributed by atoms with Gasteiger partial charge in [-0.25, -0.2) is 0 Å². The van der Waals surface area contributed by atoms with Crippen LogP contribution < -0.4 is 5.32 Å². The van der Waals surface area contributed by atoms with Crippen LogP contribution in [0.1, 0.15) is 37.5 Å². The van der Waals surface area contributed by atoms with Gasteiger partial charge in [-0.1, -0.05) is 88.7 Å². The molecule has 0 saturated heterocycles. The molecule has 4 nitrogen and oxygen atoms in total. The summed E-state index contributed by atoms with van der Waals surface area (Å²) in [6, 6.07) is 27.3. The zero-order valence-electron chi connectivity index (χ0n) is 20.5. The van der Waals surface area contributed by atoms with Crippen molar-refractivity contribution < 1.29 is 9.59 Å². The second-order valence-electron chi connectivity index (χ2n) is 9.57. The van der Waals surface area contributed by atoms with E-state index in [1.807, 2.05) is 93.6 Å².